The SMILES string of the molecule is CCC1Nc2ccccc2N1c1ccc(-n2c3ccccc3c3c4c(sc32)c(-c2ccccc2)nc2ccccc24)cc1. The zero-order valence-electron chi connectivity index (χ0n) is 23.7. The van der Waals surface area contributed by atoms with Gasteiger partial charge in [-0.05, 0) is 55.0 Å². The van der Waals surface area contributed by atoms with E-state index in [1.807, 2.05) is 11.3 Å². The maximum Gasteiger partial charge on any atom is 0.109 e. The summed E-state index contributed by atoms with van der Waals surface area (Å²) in [6.07, 6.45) is 1.24. The van der Waals surface area contributed by atoms with Crippen LogP contribution in [0.25, 0.3) is 59.1 Å². The highest BCUT2D eigenvalue weighted by Crippen LogP contribution is 2.48. The second-order valence-corrected chi connectivity index (χ2v) is 12.2. The average molecular weight is 573 g/mol. The van der Waals surface area contributed by atoms with Crippen LogP contribution < -0.4 is 10.2 Å². The quantitative estimate of drug-likeness (QED) is 0.228. The number of pyridine rings is 1. The Kier molecular flexibility index (Phi) is 5.37. The molecule has 9 rings (SSSR count). The van der Waals surface area contributed by atoms with Crippen LogP contribution in [0.2, 0.25) is 0 Å². The molecular weight excluding hydrogens is 545 g/mol. The molecule has 43 heavy (non-hydrogen) atoms. The molecule has 5 aromatic carbocycles. The van der Waals surface area contributed by atoms with Gasteiger partial charge >= 0.3 is 0 Å². The van der Waals surface area contributed by atoms with E-state index in [0.717, 1.165) is 28.9 Å². The number of anilines is 3. The molecule has 0 radical (unpaired) electrons. The molecule has 1 N–H and O–H groups in total. The molecule has 3 aromatic heterocycles. The summed E-state index contributed by atoms with van der Waals surface area (Å²) in [5, 5.41) is 8.76. The molecule has 1 aliphatic rings. The van der Waals surface area contributed by atoms with Crippen LogP contribution in [-0.4, -0.2) is 15.7 Å². The van der Waals surface area contributed by atoms with Crippen LogP contribution in [0.1, 0.15) is 13.3 Å². The summed E-state index contributed by atoms with van der Waals surface area (Å²) in [5.41, 5.74) is 9.22. The van der Waals surface area contributed by atoms with E-state index in [2.05, 4.69) is 149 Å². The normalized spacial score (nSPS) is 14.6. The number of rotatable bonds is 4. The van der Waals surface area contributed by atoms with Gasteiger partial charge in [0.1, 0.15) is 11.0 Å². The lowest BCUT2D eigenvalue weighted by Crippen LogP contribution is -2.30. The van der Waals surface area contributed by atoms with E-state index in [9.17, 15) is 0 Å². The molecule has 0 amide bonds. The number of thiophene rings is 1. The Bertz CT molecular complexity index is 2320. The third-order valence-corrected chi connectivity index (χ3v) is 9.93. The van der Waals surface area contributed by atoms with Crippen LogP contribution in [0, 0.1) is 0 Å². The second-order valence-electron chi connectivity index (χ2n) is 11.2. The molecule has 1 unspecified atom stereocenters. The molecule has 206 valence electrons. The molecule has 1 atom stereocenters. The number of hydrogen-bond acceptors (Lipinski definition) is 4. The van der Waals surface area contributed by atoms with Crippen LogP contribution in [0.4, 0.5) is 17.1 Å². The summed E-state index contributed by atoms with van der Waals surface area (Å²) in [6.45, 7) is 2.23. The van der Waals surface area contributed by atoms with Gasteiger partial charge in [0, 0.05) is 38.5 Å². The Hall–Kier alpha value is -5.13. The zero-order chi connectivity index (χ0) is 28.5. The van der Waals surface area contributed by atoms with E-state index < -0.39 is 0 Å². The van der Waals surface area contributed by atoms with Gasteiger partial charge in [-0.15, -0.1) is 11.3 Å². The van der Waals surface area contributed by atoms with Crippen molar-refractivity contribution in [3.63, 3.8) is 0 Å². The molecule has 5 heteroatoms. The van der Waals surface area contributed by atoms with Crippen LogP contribution in [-0.2, 0) is 0 Å². The second kappa shape index (κ2) is 9.45. The first-order valence-corrected chi connectivity index (χ1v) is 15.7. The van der Waals surface area contributed by atoms with Gasteiger partial charge in [0.05, 0.1) is 32.8 Å². The molecule has 0 aliphatic carbocycles. The van der Waals surface area contributed by atoms with Gasteiger partial charge in [0.15, 0.2) is 0 Å². The highest BCUT2D eigenvalue weighted by atomic mass is 32.1. The van der Waals surface area contributed by atoms with Crippen molar-refractivity contribution in [1.82, 2.24) is 9.55 Å². The molecule has 4 nitrogen and oxygen atoms in total. The molecule has 0 saturated heterocycles. The van der Waals surface area contributed by atoms with Crippen LogP contribution >= 0.6 is 11.3 Å². The summed E-state index contributed by atoms with van der Waals surface area (Å²) in [5.74, 6) is 0. The third-order valence-electron chi connectivity index (χ3n) is 8.75. The number of benzene rings is 5. The largest absolute Gasteiger partial charge is 0.363 e. The number of fused-ring (bicyclic) bond motifs is 8. The highest BCUT2D eigenvalue weighted by molar-refractivity contribution is 7.26. The predicted molar refractivity (Wildman–Crippen MR) is 183 cm³/mol. The number of aromatic nitrogens is 2. The summed E-state index contributed by atoms with van der Waals surface area (Å²) in [7, 11) is 0. The molecule has 0 spiro atoms. The average Bonchev–Trinajstić information content (AvgIpc) is 3.74. The first kappa shape index (κ1) is 24.5. The number of nitrogens with one attached hydrogen (secondary N) is 1. The van der Waals surface area contributed by atoms with Gasteiger partial charge in [0.2, 0.25) is 0 Å². The highest BCUT2D eigenvalue weighted by Gasteiger charge is 2.28. The van der Waals surface area contributed by atoms with Crippen molar-refractivity contribution >= 4 is 70.5 Å². The van der Waals surface area contributed by atoms with Gasteiger partial charge < -0.3 is 14.8 Å². The van der Waals surface area contributed by atoms with Gasteiger partial charge in [-0.3, -0.25) is 0 Å². The lowest BCUT2D eigenvalue weighted by Gasteiger charge is -2.26. The van der Waals surface area contributed by atoms with Crippen molar-refractivity contribution in [3.05, 3.63) is 127 Å². The molecule has 0 bridgehead atoms. The van der Waals surface area contributed by atoms with E-state index in [1.54, 1.807) is 0 Å². The van der Waals surface area contributed by atoms with Gasteiger partial charge in [-0.2, -0.15) is 0 Å². The van der Waals surface area contributed by atoms with Crippen LogP contribution in [0.5, 0.6) is 0 Å². The summed E-state index contributed by atoms with van der Waals surface area (Å²) >= 11 is 1.85. The summed E-state index contributed by atoms with van der Waals surface area (Å²) in [4.78, 5) is 8.88. The van der Waals surface area contributed by atoms with Crippen molar-refractivity contribution in [2.24, 2.45) is 0 Å². The lowest BCUT2D eigenvalue weighted by atomic mass is 10.0. The van der Waals surface area contributed by atoms with Gasteiger partial charge in [-0.25, -0.2) is 4.98 Å². The Labute approximate surface area is 253 Å². The van der Waals surface area contributed by atoms with Crippen molar-refractivity contribution in [2.45, 2.75) is 19.5 Å². The third kappa shape index (κ3) is 3.58. The van der Waals surface area contributed by atoms with E-state index in [0.29, 0.717) is 0 Å². The predicted octanol–water partition coefficient (Wildman–Crippen LogP) is 10.5. The summed E-state index contributed by atoms with van der Waals surface area (Å²) in [6, 6.07) is 45.6. The van der Waals surface area contributed by atoms with E-state index in [-0.39, 0.29) is 6.17 Å². The minimum Gasteiger partial charge on any atom is -0.363 e. The minimum absolute atomic E-state index is 0.238. The fourth-order valence-electron chi connectivity index (χ4n) is 6.83. The van der Waals surface area contributed by atoms with Gasteiger partial charge in [-0.1, -0.05) is 85.8 Å². The van der Waals surface area contributed by atoms with Gasteiger partial charge in [0.25, 0.3) is 0 Å². The molecule has 1 aliphatic heterocycles. The maximum atomic E-state index is 5.21. The fourth-order valence-corrected chi connectivity index (χ4v) is 8.20. The molecule has 8 aromatic rings. The number of para-hydroxylation sites is 4. The fraction of sp³-hybridized carbons (Fsp3) is 0.0789. The topological polar surface area (TPSA) is 33.1 Å². The Morgan fingerprint density at radius 2 is 1.40 bits per heavy atom. The monoisotopic (exact) mass is 572 g/mol. The van der Waals surface area contributed by atoms with Crippen molar-refractivity contribution in [2.75, 3.05) is 10.2 Å². The molecule has 0 fully saturated rings. The first-order chi connectivity index (χ1) is 21.3. The molecule has 0 saturated carbocycles. The Morgan fingerprint density at radius 3 is 2.23 bits per heavy atom. The van der Waals surface area contributed by atoms with Crippen LogP contribution in [0.3, 0.4) is 0 Å². The molecular formula is C38H28N4S. The zero-order valence-corrected chi connectivity index (χ0v) is 24.5. The Balaban J connectivity index is 1.30. The lowest BCUT2D eigenvalue weighted by molar-refractivity contribution is 0.728. The smallest absolute Gasteiger partial charge is 0.109 e. The minimum atomic E-state index is 0.238. The van der Waals surface area contributed by atoms with Crippen molar-refractivity contribution in [1.29, 1.82) is 0 Å². The first-order valence-electron chi connectivity index (χ1n) is 14.8. The number of hydrogen-bond donors (Lipinski definition) is 1. The number of nitrogens with zero attached hydrogens (tertiary/aromatic N) is 3. The van der Waals surface area contributed by atoms with E-state index in [4.69, 9.17) is 4.98 Å². The van der Waals surface area contributed by atoms with E-state index in [1.165, 1.54) is 53.7 Å². The standard InChI is InChI=1S/C38H28N4S/c1-2-33-39-30-17-9-11-19-32(30)41(33)25-20-22-26(23-21-25)42-31-18-10-7-15-28(31)35-34-27-14-6-8-16-29(27)40-36(37(34)43-38(35)42)24-12-4-3-5-13-24/h3-23,33,39H,2H2,1H3. The van der Waals surface area contributed by atoms with Crippen LogP contribution in [0.15, 0.2) is 127 Å². The molecule has 4 heterocycles. The summed E-state index contributed by atoms with van der Waals surface area (Å²) < 4.78 is 3.67. The Morgan fingerprint density at radius 1 is 0.698 bits per heavy atom. The maximum absolute atomic E-state index is 5.21. The van der Waals surface area contributed by atoms with Crippen molar-refractivity contribution < 1.29 is 0 Å². The van der Waals surface area contributed by atoms with Crippen molar-refractivity contribution in [3.8, 4) is 16.9 Å². The van der Waals surface area contributed by atoms with E-state index >= 15 is 0 Å².